The van der Waals surface area contributed by atoms with Gasteiger partial charge >= 0.3 is 5.97 Å². The molecule has 1 heterocycles. The van der Waals surface area contributed by atoms with Gasteiger partial charge in [-0.25, -0.2) is 4.79 Å². The highest BCUT2D eigenvalue weighted by atomic mass is 16.5. The van der Waals surface area contributed by atoms with E-state index < -0.39 is 12.1 Å². The maximum absolute atomic E-state index is 11.1. The second-order valence-corrected chi connectivity index (χ2v) is 5.72. The number of carbonyl (C=O) groups excluding carboxylic acids is 1. The van der Waals surface area contributed by atoms with Crippen LogP contribution in [0.5, 0.6) is 0 Å². The van der Waals surface area contributed by atoms with E-state index in [2.05, 4.69) is 32.6 Å². The Labute approximate surface area is 120 Å². The Morgan fingerprint density at radius 2 is 2.20 bits per heavy atom. The number of ether oxygens (including phenoxy) is 1. The highest BCUT2D eigenvalue weighted by Crippen LogP contribution is 2.38. The summed E-state index contributed by atoms with van der Waals surface area (Å²) in [6.45, 7) is 8.27. The first-order valence-corrected chi connectivity index (χ1v) is 6.73. The van der Waals surface area contributed by atoms with E-state index in [-0.39, 0.29) is 17.9 Å². The molecule has 0 aliphatic carbocycles. The van der Waals surface area contributed by atoms with E-state index in [9.17, 15) is 9.90 Å². The first-order chi connectivity index (χ1) is 9.34. The van der Waals surface area contributed by atoms with Gasteiger partial charge in [0.2, 0.25) is 0 Å². The summed E-state index contributed by atoms with van der Waals surface area (Å²) in [6, 6.07) is 1.89. The summed E-state index contributed by atoms with van der Waals surface area (Å²) >= 11 is 0. The van der Waals surface area contributed by atoms with Crippen molar-refractivity contribution in [2.24, 2.45) is 5.41 Å². The summed E-state index contributed by atoms with van der Waals surface area (Å²) in [5.41, 5.74) is 0.977. The maximum atomic E-state index is 11.1. The number of aliphatic hydroxyl groups is 1. The second-order valence-electron chi connectivity index (χ2n) is 5.72. The van der Waals surface area contributed by atoms with Crippen LogP contribution in [0.1, 0.15) is 45.6 Å². The molecule has 2 atom stereocenters. The Bertz CT molecular complexity index is 471. The van der Waals surface area contributed by atoms with Gasteiger partial charge in [0.1, 0.15) is 6.10 Å². The molecule has 0 unspecified atom stereocenters. The van der Waals surface area contributed by atoms with Crippen LogP contribution in [0.4, 0.5) is 0 Å². The molecule has 0 amide bonds. The molecule has 0 fully saturated rings. The van der Waals surface area contributed by atoms with Crippen LogP contribution in [-0.2, 0) is 9.53 Å². The van der Waals surface area contributed by atoms with Crippen molar-refractivity contribution in [3.8, 4) is 11.8 Å². The molecule has 0 aliphatic heterocycles. The molecule has 1 rings (SSSR count). The van der Waals surface area contributed by atoms with Crippen molar-refractivity contribution in [2.75, 3.05) is 6.61 Å². The lowest BCUT2D eigenvalue weighted by Crippen LogP contribution is -2.22. The van der Waals surface area contributed by atoms with E-state index in [1.54, 1.807) is 19.5 Å². The molecule has 1 aromatic rings. The molecule has 0 saturated heterocycles. The molecule has 0 bridgehead atoms. The van der Waals surface area contributed by atoms with E-state index in [0.717, 1.165) is 5.56 Å². The van der Waals surface area contributed by atoms with Crippen LogP contribution >= 0.6 is 0 Å². The second kappa shape index (κ2) is 7.16. The first kappa shape index (κ1) is 16.3. The van der Waals surface area contributed by atoms with Gasteiger partial charge in [0.25, 0.3) is 0 Å². The molecule has 0 radical (unpaired) electrons. The van der Waals surface area contributed by atoms with Crippen molar-refractivity contribution in [3.63, 3.8) is 0 Å². The van der Waals surface area contributed by atoms with Gasteiger partial charge < -0.3 is 14.3 Å². The van der Waals surface area contributed by atoms with Gasteiger partial charge in [-0.05, 0) is 36.3 Å². The summed E-state index contributed by atoms with van der Waals surface area (Å²) in [6.07, 6.45) is 2.86. The Balaban J connectivity index is 2.74. The van der Waals surface area contributed by atoms with Gasteiger partial charge in [-0.2, -0.15) is 0 Å². The number of rotatable bonds is 4. The SMILES string of the molecule is CCOC(=O)C#C[C@H](O)C[C@@H](c1ccoc1)C(C)(C)C. The predicted molar refractivity (Wildman–Crippen MR) is 75.9 cm³/mol. The van der Waals surface area contributed by atoms with Crippen LogP contribution in [0, 0.1) is 17.3 Å². The van der Waals surface area contributed by atoms with E-state index >= 15 is 0 Å². The molecule has 0 aliphatic rings. The van der Waals surface area contributed by atoms with E-state index in [4.69, 9.17) is 9.15 Å². The zero-order chi connectivity index (χ0) is 15.2. The summed E-state index contributed by atoms with van der Waals surface area (Å²) < 4.78 is 9.81. The van der Waals surface area contributed by atoms with E-state index in [1.807, 2.05) is 6.07 Å². The maximum Gasteiger partial charge on any atom is 0.384 e. The van der Waals surface area contributed by atoms with Crippen LogP contribution in [0.25, 0.3) is 0 Å². The highest BCUT2D eigenvalue weighted by Gasteiger charge is 2.28. The lowest BCUT2D eigenvalue weighted by molar-refractivity contribution is -0.136. The molecule has 0 spiro atoms. The zero-order valence-corrected chi connectivity index (χ0v) is 12.5. The quantitative estimate of drug-likeness (QED) is 0.522. The number of carbonyl (C=O) groups is 1. The third-order valence-electron chi connectivity index (χ3n) is 3.07. The normalized spacial score (nSPS) is 14.1. The fraction of sp³-hybridized carbons (Fsp3) is 0.562. The van der Waals surface area contributed by atoms with Crippen molar-refractivity contribution in [2.45, 2.75) is 46.1 Å². The molecule has 1 N–H and O–H groups in total. The topological polar surface area (TPSA) is 59.7 Å². The molecular weight excluding hydrogens is 256 g/mol. The third-order valence-corrected chi connectivity index (χ3v) is 3.07. The summed E-state index contributed by atoms with van der Waals surface area (Å²) in [4.78, 5) is 11.1. The van der Waals surface area contributed by atoms with Crippen LogP contribution in [0.2, 0.25) is 0 Å². The third kappa shape index (κ3) is 5.10. The van der Waals surface area contributed by atoms with E-state index in [0.29, 0.717) is 6.42 Å². The van der Waals surface area contributed by atoms with Crippen molar-refractivity contribution in [3.05, 3.63) is 24.2 Å². The Morgan fingerprint density at radius 1 is 1.50 bits per heavy atom. The summed E-state index contributed by atoms with van der Waals surface area (Å²) in [7, 11) is 0. The van der Waals surface area contributed by atoms with Gasteiger partial charge in [0.05, 0.1) is 19.1 Å². The number of hydrogen-bond acceptors (Lipinski definition) is 4. The van der Waals surface area contributed by atoms with Crippen molar-refractivity contribution in [1.29, 1.82) is 0 Å². The Kier molecular flexibility index (Phi) is 5.84. The van der Waals surface area contributed by atoms with E-state index in [1.165, 1.54) is 0 Å². The molecule has 1 aromatic heterocycles. The summed E-state index contributed by atoms with van der Waals surface area (Å²) in [5.74, 6) is 4.31. The average Bonchev–Trinajstić information content (AvgIpc) is 2.86. The fourth-order valence-electron chi connectivity index (χ4n) is 2.05. The highest BCUT2D eigenvalue weighted by molar-refractivity contribution is 5.88. The minimum atomic E-state index is -0.876. The molecular formula is C16H22O4. The van der Waals surface area contributed by atoms with Crippen molar-refractivity contribution < 1.29 is 19.1 Å². The number of furan rings is 1. The van der Waals surface area contributed by atoms with Crippen LogP contribution in [0.15, 0.2) is 23.0 Å². The molecule has 4 nitrogen and oxygen atoms in total. The van der Waals surface area contributed by atoms with Crippen LogP contribution in [-0.4, -0.2) is 23.8 Å². The number of hydrogen-bond donors (Lipinski definition) is 1. The van der Waals surface area contributed by atoms with Gasteiger partial charge in [0, 0.05) is 5.92 Å². The standard InChI is InChI=1S/C16H22O4/c1-5-20-15(18)7-6-13(17)10-14(16(2,3)4)12-8-9-19-11-12/h8-9,11,13-14,17H,5,10H2,1-4H3/t13-,14-/m0/s1. The molecule has 110 valence electrons. The lowest BCUT2D eigenvalue weighted by Gasteiger charge is -2.30. The Morgan fingerprint density at radius 3 is 2.70 bits per heavy atom. The molecule has 0 saturated carbocycles. The predicted octanol–water partition coefficient (Wildman–Crippen LogP) is 2.73. The van der Waals surface area contributed by atoms with Crippen molar-refractivity contribution in [1.82, 2.24) is 0 Å². The largest absolute Gasteiger partial charge is 0.472 e. The summed E-state index contributed by atoms with van der Waals surface area (Å²) in [5, 5.41) is 9.99. The first-order valence-electron chi connectivity index (χ1n) is 6.73. The molecule has 20 heavy (non-hydrogen) atoms. The number of aliphatic hydroxyl groups excluding tert-OH is 1. The van der Waals surface area contributed by atoms with Gasteiger partial charge in [-0.3, -0.25) is 0 Å². The zero-order valence-electron chi connectivity index (χ0n) is 12.5. The minimum Gasteiger partial charge on any atom is -0.472 e. The minimum absolute atomic E-state index is 0.0452. The molecule has 0 aromatic carbocycles. The Hall–Kier alpha value is -1.73. The van der Waals surface area contributed by atoms with Gasteiger partial charge in [0.15, 0.2) is 0 Å². The van der Waals surface area contributed by atoms with Gasteiger partial charge in [-0.1, -0.05) is 26.7 Å². The fourth-order valence-corrected chi connectivity index (χ4v) is 2.05. The van der Waals surface area contributed by atoms with Crippen LogP contribution < -0.4 is 0 Å². The van der Waals surface area contributed by atoms with Crippen LogP contribution in [0.3, 0.4) is 0 Å². The smallest absolute Gasteiger partial charge is 0.384 e. The van der Waals surface area contributed by atoms with Crippen molar-refractivity contribution >= 4 is 5.97 Å². The average molecular weight is 278 g/mol. The number of esters is 1. The monoisotopic (exact) mass is 278 g/mol. The lowest BCUT2D eigenvalue weighted by atomic mass is 9.74. The molecule has 4 heteroatoms. The van der Waals surface area contributed by atoms with Gasteiger partial charge in [-0.15, -0.1) is 0 Å².